The van der Waals surface area contributed by atoms with E-state index < -0.39 is 0 Å². The highest BCUT2D eigenvalue weighted by molar-refractivity contribution is 6.05. The van der Waals surface area contributed by atoms with Crippen molar-refractivity contribution in [3.05, 3.63) is 76.2 Å². The summed E-state index contributed by atoms with van der Waals surface area (Å²) in [6, 6.07) is 16.4. The van der Waals surface area contributed by atoms with Crippen LogP contribution in [0.5, 0.6) is 0 Å². The molecule has 0 unspecified atom stereocenters. The lowest BCUT2D eigenvalue weighted by Gasteiger charge is -2.08. The number of hydrogen-bond donors (Lipinski definition) is 2. The van der Waals surface area contributed by atoms with Gasteiger partial charge in [-0.3, -0.25) is 9.59 Å². The second kappa shape index (κ2) is 5.25. The number of para-hydroxylation sites is 1. The van der Waals surface area contributed by atoms with Crippen LogP contribution in [0.15, 0.2) is 59.4 Å². The molecular formula is C17H14N2O2. The van der Waals surface area contributed by atoms with E-state index in [4.69, 9.17) is 0 Å². The molecule has 0 fully saturated rings. The molecule has 3 aromatic rings. The summed E-state index contributed by atoms with van der Waals surface area (Å²) in [6.07, 6.45) is 0. The van der Waals surface area contributed by atoms with Crippen molar-refractivity contribution in [2.24, 2.45) is 0 Å². The van der Waals surface area contributed by atoms with Crippen LogP contribution in [0.3, 0.4) is 0 Å². The highest BCUT2D eigenvalue weighted by Crippen LogP contribution is 2.15. The summed E-state index contributed by atoms with van der Waals surface area (Å²) in [6.45, 7) is 1.92. The number of benzene rings is 2. The van der Waals surface area contributed by atoms with Crippen LogP contribution < -0.4 is 10.9 Å². The van der Waals surface area contributed by atoms with E-state index in [9.17, 15) is 9.59 Å². The Balaban J connectivity index is 1.99. The topological polar surface area (TPSA) is 62.0 Å². The van der Waals surface area contributed by atoms with Gasteiger partial charge in [0.2, 0.25) is 0 Å². The average molecular weight is 278 g/mol. The SMILES string of the molecule is Cc1ccccc1NC(=O)c1cc2ccccc2c(=O)[nH]1. The maximum atomic E-state index is 12.3. The fourth-order valence-electron chi connectivity index (χ4n) is 2.24. The predicted octanol–water partition coefficient (Wildman–Crippen LogP) is 3.09. The van der Waals surface area contributed by atoms with Gasteiger partial charge in [-0.2, -0.15) is 0 Å². The quantitative estimate of drug-likeness (QED) is 0.756. The number of pyridine rings is 1. The molecule has 21 heavy (non-hydrogen) atoms. The molecule has 0 aliphatic rings. The highest BCUT2D eigenvalue weighted by atomic mass is 16.2. The molecule has 0 saturated carbocycles. The first kappa shape index (κ1) is 13.1. The van der Waals surface area contributed by atoms with Crippen molar-refractivity contribution in [3.8, 4) is 0 Å². The molecule has 0 atom stereocenters. The van der Waals surface area contributed by atoms with Crippen molar-refractivity contribution in [2.75, 3.05) is 5.32 Å². The van der Waals surface area contributed by atoms with Gasteiger partial charge in [0.15, 0.2) is 0 Å². The maximum absolute atomic E-state index is 12.3. The molecule has 1 amide bonds. The van der Waals surface area contributed by atoms with Crippen LogP contribution in [0.1, 0.15) is 16.1 Å². The molecule has 4 nitrogen and oxygen atoms in total. The monoisotopic (exact) mass is 278 g/mol. The van der Waals surface area contributed by atoms with Gasteiger partial charge < -0.3 is 10.3 Å². The molecular weight excluding hydrogens is 264 g/mol. The van der Waals surface area contributed by atoms with Crippen molar-refractivity contribution < 1.29 is 4.79 Å². The molecule has 3 rings (SSSR count). The van der Waals surface area contributed by atoms with E-state index in [-0.39, 0.29) is 17.2 Å². The summed E-state index contributed by atoms with van der Waals surface area (Å²) < 4.78 is 0. The zero-order chi connectivity index (χ0) is 14.8. The largest absolute Gasteiger partial charge is 0.320 e. The van der Waals surface area contributed by atoms with E-state index in [1.165, 1.54) is 0 Å². The third-order valence-corrected chi connectivity index (χ3v) is 3.39. The van der Waals surface area contributed by atoms with E-state index in [0.29, 0.717) is 5.39 Å². The number of nitrogens with one attached hydrogen (secondary N) is 2. The van der Waals surface area contributed by atoms with Crippen molar-refractivity contribution in [1.82, 2.24) is 4.98 Å². The Bertz CT molecular complexity index is 881. The summed E-state index contributed by atoms with van der Waals surface area (Å²) in [7, 11) is 0. The van der Waals surface area contributed by atoms with Crippen LogP contribution >= 0.6 is 0 Å². The van der Waals surface area contributed by atoms with E-state index in [1.807, 2.05) is 43.3 Å². The maximum Gasteiger partial charge on any atom is 0.272 e. The van der Waals surface area contributed by atoms with Gasteiger partial charge in [0.1, 0.15) is 5.69 Å². The van der Waals surface area contributed by atoms with Crippen LogP contribution in [-0.4, -0.2) is 10.9 Å². The number of anilines is 1. The number of aromatic nitrogens is 1. The lowest BCUT2D eigenvalue weighted by atomic mass is 10.1. The molecule has 2 N–H and O–H groups in total. The molecule has 0 saturated heterocycles. The Morgan fingerprint density at radius 1 is 1.05 bits per heavy atom. The fraction of sp³-hybridized carbons (Fsp3) is 0.0588. The van der Waals surface area contributed by atoms with Gasteiger partial charge in [-0.15, -0.1) is 0 Å². The Morgan fingerprint density at radius 3 is 2.57 bits per heavy atom. The number of H-pyrrole nitrogens is 1. The molecule has 0 radical (unpaired) electrons. The van der Waals surface area contributed by atoms with Crippen molar-refractivity contribution in [3.63, 3.8) is 0 Å². The molecule has 104 valence electrons. The summed E-state index contributed by atoms with van der Waals surface area (Å²) in [5.41, 5.74) is 1.69. The zero-order valence-electron chi connectivity index (χ0n) is 11.5. The predicted molar refractivity (Wildman–Crippen MR) is 83.7 cm³/mol. The molecule has 0 spiro atoms. The average Bonchev–Trinajstić information content (AvgIpc) is 2.49. The van der Waals surface area contributed by atoms with Gasteiger partial charge in [-0.1, -0.05) is 36.4 Å². The van der Waals surface area contributed by atoms with E-state index >= 15 is 0 Å². The highest BCUT2D eigenvalue weighted by Gasteiger charge is 2.10. The second-order valence-corrected chi connectivity index (χ2v) is 4.87. The molecule has 2 aromatic carbocycles. The van der Waals surface area contributed by atoms with Gasteiger partial charge in [-0.05, 0) is 36.1 Å². The third kappa shape index (κ3) is 2.56. The van der Waals surface area contributed by atoms with E-state index in [2.05, 4.69) is 10.3 Å². The molecule has 0 aliphatic heterocycles. The Kier molecular flexibility index (Phi) is 3.28. The smallest absolute Gasteiger partial charge is 0.272 e. The number of rotatable bonds is 2. The standard InChI is InChI=1S/C17H14N2O2/c1-11-6-2-5-9-14(11)18-17(21)15-10-12-7-3-4-8-13(12)16(20)19-15/h2-10H,1H3,(H,18,21)(H,19,20). The summed E-state index contributed by atoms with van der Waals surface area (Å²) >= 11 is 0. The molecule has 0 bridgehead atoms. The normalized spacial score (nSPS) is 10.5. The molecule has 0 aliphatic carbocycles. The van der Waals surface area contributed by atoms with Crippen LogP contribution in [-0.2, 0) is 0 Å². The number of fused-ring (bicyclic) bond motifs is 1. The van der Waals surface area contributed by atoms with Gasteiger partial charge in [-0.25, -0.2) is 0 Å². The van der Waals surface area contributed by atoms with Gasteiger partial charge >= 0.3 is 0 Å². The number of hydrogen-bond acceptors (Lipinski definition) is 2. The number of aryl methyl sites for hydroxylation is 1. The fourth-order valence-corrected chi connectivity index (χ4v) is 2.24. The Hall–Kier alpha value is -2.88. The van der Waals surface area contributed by atoms with Crippen molar-refractivity contribution in [2.45, 2.75) is 6.92 Å². The minimum atomic E-state index is -0.327. The minimum absolute atomic E-state index is 0.252. The third-order valence-electron chi connectivity index (χ3n) is 3.39. The van der Waals surface area contributed by atoms with Crippen molar-refractivity contribution in [1.29, 1.82) is 0 Å². The number of amides is 1. The van der Waals surface area contributed by atoms with Crippen LogP contribution in [0.2, 0.25) is 0 Å². The lowest BCUT2D eigenvalue weighted by molar-refractivity contribution is 0.102. The van der Waals surface area contributed by atoms with Crippen LogP contribution in [0.25, 0.3) is 10.8 Å². The number of carbonyl (C=O) groups excluding carboxylic acids is 1. The van der Waals surface area contributed by atoms with Gasteiger partial charge in [0, 0.05) is 11.1 Å². The Labute approximate surface area is 121 Å². The minimum Gasteiger partial charge on any atom is -0.320 e. The Morgan fingerprint density at radius 2 is 1.76 bits per heavy atom. The first-order chi connectivity index (χ1) is 10.1. The van der Waals surface area contributed by atoms with Crippen LogP contribution in [0.4, 0.5) is 5.69 Å². The lowest BCUT2D eigenvalue weighted by Crippen LogP contribution is -2.19. The first-order valence-corrected chi connectivity index (χ1v) is 6.64. The molecule has 1 aromatic heterocycles. The van der Waals surface area contributed by atoms with E-state index in [0.717, 1.165) is 16.6 Å². The number of carbonyl (C=O) groups is 1. The van der Waals surface area contributed by atoms with E-state index in [1.54, 1.807) is 18.2 Å². The first-order valence-electron chi connectivity index (χ1n) is 6.64. The number of aromatic amines is 1. The summed E-state index contributed by atoms with van der Waals surface area (Å²) in [4.78, 5) is 26.9. The molecule has 1 heterocycles. The van der Waals surface area contributed by atoms with Crippen LogP contribution in [0, 0.1) is 6.92 Å². The van der Waals surface area contributed by atoms with Gasteiger partial charge in [0.25, 0.3) is 11.5 Å². The second-order valence-electron chi connectivity index (χ2n) is 4.87. The molecule has 4 heteroatoms. The zero-order valence-corrected chi connectivity index (χ0v) is 11.5. The summed E-state index contributed by atoms with van der Waals surface area (Å²) in [5, 5.41) is 4.13. The van der Waals surface area contributed by atoms with Crippen molar-refractivity contribution >= 4 is 22.4 Å². The summed E-state index contributed by atoms with van der Waals surface area (Å²) in [5.74, 6) is -0.327. The van der Waals surface area contributed by atoms with Gasteiger partial charge in [0.05, 0.1) is 0 Å².